The normalized spacial score (nSPS) is 11.2. The van der Waals surface area contributed by atoms with Gasteiger partial charge in [0.15, 0.2) is 5.96 Å². The maximum absolute atomic E-state index is 13.0. The van der Waals surface area contributed by atoms with Crippen molar-refractivity contribution in [3.05, 3.63) is 65.7 Å². The van der Waals surface area contributed by atoms with E-state index in [9.17, 15) is 8.78 Å². The van der Waals surface area contributed by atoms with Crippen LogP contribution < -0.4 is 15.4 Å². The summed E-state index contributed by atoms with van der Waals surface area (Å²) in [6.45, 7) is 1.60. The van der Waals surface area contributed by atoms with Crippen molar-refractivity contribution < 1.29 is 13.5 Å². The lowest BCUT2D eigenvalue weighted by molar-refractivity contribution is 0.320. The molecular weight excluding hydrogens is 312 g/mol. The van der Waals surface area contributed by atoms with Crippen molar-refractivity contribution in [1.29, 1.82) is 0 Å². The van der Waals surface area contributed by atoms with Gasteiger partial charge in [0.1, 0.15) is 24.0 Å². The number of hydrogen-bond acceptors (Lipinski definition) is 2. The fraction of sp³-hybridized carbons (Fsp3) is 0.278. The largest absolute Gasteiger partial charge is 0.492 e. The molecule has 24 heavy (non-hydrogen) atoms. The summed E-state index contributed by atoms with van der Waals surface area (Å²) in [7, 11) is 1.68. The summed E-state index contributed by atoms with van der Waals surface area (Å²) >= 11 is 0. The standard InChI is InChI=1S/C18H21F2N3O/c1-21-18(22-10-9-14-5-7-15(19)8-6-14)23-11-12-24-17-4-2-3-16(20)13-17/h2-8,13H,9-12H2,1H3,(H2,21,22,23). The molecular formula is C18H21F2N3O. The van der Waals surface area contributed by atoms with Gasteiger partial charge in [-0.2, -0.15) is 0 Å². The molecule has 2 aromatic carbocycles. The number of nitrogens with one attached hydrogen (secondary N) is 2. The van der Waals surface area contributed by atoms with E-state index in [0.717, 1.165) is 12.0 Å². The van der Waals surface area contributed by atoms with Crippen molar-refractivity contribution in [1.82, 2.24) is 10.6 Å². The van der Waals surface area contributed by atoms with Gasteiger partial charge in [0.25, 0.3) is 0 Å². The quantitative estimate of drug-likeness (QED) is 0.465. The molecule has 2 rings (SSSR count). The Bertz CT molecular complexity index is 660. The first-order valence-electron chi connectivity index (χ1n) is 7.74. The monoisotopic (exact) mass is 333 g/mol. The third kappa shape index (κ3) is 6.24. The highest BCUT2D eigenvalue weighted by molar-refractivity contribution is 5.79. The van der Waals surface area contributed by atoms with Crippen LogP contribution in [0.2, 0.25) is 0 Å². The lowest BCUT2D eigenvalue weighted by Gasteiger charge is -2.12. The average Bonchev–Trinajstić information content (AvgIpc) is 2.59. The van der Waals surface area contributed by atoms with E-state index in [0.29, 0.717) is 31.4 Å². The Morgan fingerprint density at radius 2 is 1.75 bits per heavy atom. The van der Waals surface area contributed by atoms with Gasteiger partial charge in [-0.15, -0.1) is 0 Å². The molecule has 0 amide bonds. The molecule has 0 bridgehead atoms. The van der Waals surface area contributed by atoms with Gasteiger partial charge in [-0.1, -0.05) is 18.2 Å². The van der Waals surface area contributed by atoms with Gasteiger partial charge in [-0.3, -0.25) is 4.99 Å². The first-order valence-corrected chi connectivity index (χ1v) is 7.74. The van der Waals surface area contributed by atoms with Crippen molar-refractivity contribution in [2.75, 3.05) is 26.7 Å². The molecule has 128 valence electrons. The SMILES string of the molecule is CN=C(NCCOc1cccc(F)c1)NCCc1ccc(F)cc1. The molecule has 0 heterocycles. The van der Waals surface area contributed by atoms with E-state index in [-0.39, 0.29) is 11.6 Å². The zero-order valence-electron chi connectivity index (χ0n) is 13.6. The van der Waals surface area contributed by atoms with Crippen LogP contribution in [0, 0.1) is 11.6 Å². The summed E-state index contributed by atoms with van der Waals surface area (Å²) in [6.07, 6.45) is 0.765. The number of guanidine groups is 1. The first kappa shape index (κ1) is 17.7. The zero-order chi connectivity index (χ0) is 17.2. The van der Waals surface area contributed by atoms with Crippen molar-refractivity contribution in [3.63, 3.8) is 0 Å². The van der Waals surface area contributed by atoms with Crippen molar-refractivity contribution >= 4 is 5.96 Å². The Kier molecular flexibility index (Phi) is 7.01. The highest BCUT2D eigenvalue weighted by atomic mass is 19.1. The third-order valence-electron chi connectivity index (χ3n) is 3.30. The fourth-order valence-corrected chi connectivity index (χ4v) is 2.09. The van der Waals surface area contributed by atoms with E-state index >= 15 is 0 Å². The second-order valence-corrected chi connectivity index (χ2v) is 5.11. The Morgan fingerprint density at radius 3 is 2.46 bits per heavy atom. The van der Waals surface area contributed by atoms with Gasteiger partial charge in [-0.05, 0) is 36.2 Å². The summed E-state index contributed by atoms with van der Waals surface area (Å²) in [5, 5.41) is 6.28. The summed E-state index contributed by atoms with van der Waals surface area (Å²) in [6, 6.07) is 12.5. The second kappa shape index (κ2) is 9.50. The number of nitrogens with zero attached hydrogens (tertiary/aromatic N) is 1. The number of benzene rings is 2. The second-order valence-electron chi connectivity index (χ2n) is 5.11. The van der Waals surface area contributed by atoms with Crippen LogP contribution in [0.3, 0.4) is 0 Å². The minimum absolute atomic E-state index is 0.234. The highest BCUT2D eigenvalue weighted by Crippen LogP contribution is 2.11. The van der Waals surface area contributed by atoms with E-state index in [1.165, 1.54) is 24.3 Å². The van der Waals surface area contributed by atoms with Crippen LogP contribution in [0.1, 0.15) is 5.56 Å². The van der Waals surface area contributed by atoms with Gasteiger partial charge < -0.3 is 15.4 Å². The van der Waals surface area contributed by atoms with E-state index < -0.39 is 0 Å². The van der Waals surface area contributed by atoms with Crippen molar-refractivity contribution in [3.8, 4) is 5.75 Å². The number of aliphatic imine (C=N–C) groups is 1. The predicted octanol–water partition coefficient (Wildman–Crippen LogP) is 2.75. The third-order valence-corrected chi connectivity index (χ3v) is 3.30. The Morgan fingerprint density at radius 1 is 1.00 bits per heavy atom. The molecule has 0 radical (unpaired) electrons. The molecule has 2 aromatic rings. The number of halogens is 2. The van der Waals surface area contributed by atoms with Crippen LogP contribution >= 0.6 is 0 Å². The zero-order valence-corrected chi connectivity index (χ0v) is 13.6. The molecule has 2 N–H and O–H groups in total. The molecule has 0 aromatic heterocycles. The number of ether oxygens (including phenoxy) is 1. The Labute approximate surface area is 140 Å². The van der Waals surface area contributed by atoms with Crippen LogP contribution in [0.5, 0.6) is 5.75 Å². The van der Waals surface area contributed by atoms with E-state index in [4.69, 9.17) is 4.74 Å². The molecule has 0 aliphatic rings. The highest BCUT2D eigenvalue weighted by Gasteiger charge is 2.00. The minimum atomic E-state index is -0.321. The van der Waals surface area contributed by atoms with Crippen LogP contribution in [-0.4, -0.2) is 32.7 Å². The van der Waals surface area contributed by atoms with Crippen LogP contribution in [0.15, 0.2) is 53.5 Å². The molecule has 0 saturated carbocycles. The van der Waals surface area contributed by atoms with Crippen LogP contribution in [-0.2, 0) is 6.42 Å². The summed E-state index contributed by atoms with van der Waals surface area (Å²) in [5.41, 5.74) is 1.05. The molecule has 0 fully saturated rings. The van der Waals surface area contributed by atoms with Crippen molar-refractivity contribution in [2.45, 2.75) is 6.42 Å². The number of hydrogen-bond donors (Lipinski definition) is 2. The Hall–Kier alpha value is -2.63. The molecule has 4 nitrogen and oxygen atoms in total. The average molecular weight is 333 g/mol. The van der Waals surface area contributed by atoms with Crippen LogP contribution in [0.4, 0.5) is 8.78 Å². The summed E-state index contributed by atoms with van der Waals surface area (Å²) in [5.74, 6) is 0.595. The minimum Gasteiger partial charge on any atom is -0.492 e. The topological polar surface area (TPSA) is 45.7 Å². The van der Waals surface area contributed by atoms with Crippen molar-refractivity contribution in [2.24, 2.45) is 4.99 Å². The molecule has 0 aliphatic carbocycles. The molecule has 0 aliphatic heterocycles. The van der Waals surface area contributed by atoms with Gasteiger partial charge in [0.05, 0.1) is 6.54 Å². The molecule has 0 spiro atoms. The molecule has 6 heteroatoms. The Balaban J connectivity index is 1.64. The van der Waals surface area contributed by atoms with E-state index in [2.05, 4.69) is 15.6 Å². The fourth-order valence-electron chi connectivity index (χ4n) is 2.09. The molecule has 0 unspecified atom stereocenters. The van der Waals surface area contributed by atoms with E-state index in [1.54, 1.807) is 31.3 Å². The first-order chi connectivity index (χ1) is 11.7. The van der Waals surface area contributed by atoms with E-state index in [1.807, 2.05) is 0 Å². The maximum Gasteiger partial charge on any atom is 0.191 e. The van der Waals surface area contributed by atoms with Gasteiger partial charge in [-0.25, -0.2) is 8.78 Å². The summed E-state index contributed by atoms with van der Waals surface area (Å²) in [4.78, 5) is 4.11. The van der Waals surface area contributed by atoms with Gasteiger partial charge in [0, 0.05) is 19.7 Å². The predicted molar refractivity (Wildman–Crippen MR) is 91.4 cm³/mol. The van der Waals surface area contributed by atoms with Crippen LogP contribution in [0.25, 0.3) is 0 Å². The number of rotatable bonds is 7. The van der Waals surface area contributed by atoms with Gasteiger partial charge in [0.2, 0.25) is 0 Å². The molecule has 0 atom stereocenters. The lowest BCUT2D eigenvalue weighted by atomic mass is 10.1. The maximum atomic E-state index is 13.0. The van der Waals surface area contributed by atoms with Gasteiger partial charge >= 0.3 is 0 Å². The lowest BCUT2D eigenvalue weighted by Crippen LogP contribution is -2.40. The molecule has 0 saturated heterocycles. The summed E-state index contributed by atoms with van der Waals surface area (Å²) < 4.78 is 31.3. The smallest absolute Gasteiger partial charge is 0.191 e.